The van der Waals surface area contributed by atoms with Crippen LogP contribution in [0.15, 0.2) is 0 Å². The van der Waals surface area contributed by atoms with Gasteiger partial charge in [-0.15, -0.1) is 0 Å². The highest BCUT2D eigenvalue weighted by Gasteiger charge is 2.71. The number of nitrogens with zero attached hydrogens (tertiary/aromatic N) is 1. The van der Waals surface area contributed by atoms with Crippen LogP contribution < -0.4 is 0 Å². The van der Waals surface area contributed by atoms with E-state index in [0.717, 1.165) is 107 Å². The fourth-order valence-corrected chi connectivity index (χ4v) is 21.7. The van der Waals surface area contributed by atoms with Crippen molar-refractivity contribution in [1.82, 2.24) is 4.90 Å². The van der Waals surface area contributed by atoms with Crippen molar-refractivity contribution in [2.75, 3.05) is 6.61 Å². The smallest absolute Gasteiger partial charge is 0.344 e. The Morgan fingerprint density at radius 3 is 1.41 bits per heavy atom. The summed E-state index contributed by atoms with van der Waals surface area (Å²) >= 11 is 0. The van der Waals surface area contributed by atoms with Crippen molar-refractivity contribution >= 4 is 47.6 Å². The molecule has 12 bridgehead atoms. The zero-order valence-corrected chi connectivity index (χ0v) is 63.5. The molecule has 0 aromatic carbocycles. The van der Waals surface area contributed by atoms with Crippen LogP contribution in [0.4, 0.5) is 0 Å². The van der Waals surface area contributed by atoms with E-state index in [4.69, 9.17) is 28.4 Å². The number of imide groups is 1. The third-order valence-corrected chi connectivity index (χ3v) is 29.1. The summed E-state index contributed by atoms with van der Waals surface area (Å²) < 4.78 is 33.8. The summed E-state index contributed by atoms with van der Waals surface area (Å²) in [5.74, 6) is 5.76. The van der Waals surface area contributed by atoms with E-state index in [1.165, 1.54) is 77.0 Å². The minimum Gasteiger partial charge on any atom is -0.459 e. The number of esters is 6. The summed E-state index contributed by atoms with van der Waals surface area (Å²) in [5.41, 5.74) is -4.79. The number of β-lactam (4-membered cyclic amide) rings is 1. The molecule has 17 heteroatoms. The lowest BCUT2D eigenvalue weighted by Gasteiger charge is -2.62. The molecule has 16 aliphatic rings. The first-order chi connectivity index (χ1) is 45.8. The molecule has 13 atom stereocenters. The van der Waals surface area contributed by atoms with Gasteiger partial charge in [0.05, 0.1) is 50.7 Å². The van der Waals surface area contributed by atoms with Crippen LogP contribution in [0.5, 0.6) is 0 Å². The van der Waals surface area contributed by atoms with Gasteiger partial charge in [0.15, 0.2) is 6.61 Å². The van der Waals surface area contributed by atoms with Crippen LogP contribution in [0, 0.1) is 104 Å². The zero-order valence-electron chi connectivity index (χ0n) is 63.5. The van der Waals surface area contributed by atoms with Crippen molar-refractivity contribution in [3.05, 3.63) is 0 Å². The molecule has 108 heavy (non-hydrogen) atoms. The third kappa shape index (κ3) is 20.0. The summed E-state index contributed by atoms with van der Waals surface area (Å²) in [6.45, 7) is 33.3. The fraction of sp³-hybridized carbons (Fsp3) is 0.912. The maximum Gasteiger partial charge on any atom is 0.344 e. The van der Waals surface area contributed by atoms with E-state index in [9.17, 15) is 48.6 Å². The molecule has 17 nitrogen and oxygen atoms in total. The molecular formula is C91H169NO16. The zero-order chi connectivity index (χ0) is 71.9. The van der Waals surface area contributed by atoms with E-state index in [-0.39, 0.29) is 186 Å². The average molecular weight is 1530 g/mol. The molecule has 2 N–H and O–H groups in total. The summed E-state index contributed by atoms with van der Waals surface area (Å²) in [5, 5.41) is 21.3. The standard InChI is InChI=1S/C18H30O2.C17H25NO2.C16H22O6.C16H26O4.C14H26O2.10CH4/c1-5-17(3,4)16(19)20-18(6-2)14-8-12-7-13(10-14)11-15(18)9-12;1-4-17(2,3)16(20)18-14-12-8-11(13(14)15(18)19)9-6-5-7-10(9)12;1-4-16(2,3)15(19)20-7-11(17)21-12-8-5-9-10(6-8)14(18)22-13(9)12;1-4-13(2,3)12(17)20-16-7-11-5-14(18,9-16)8-15(19,6-11)10-16;1-5-13(3,4)12(15)16-14(6-2)10-8-7-9-11-14;;;;;;;;;;/h12-15H,5-11H2,1-4H3;9-14H,4-8H2,1-3H3;8-10,12-13H,4-7H2,1-3H3;11,18-19H,4-10H2,1-3H3;5-11H2,1-4H3;10*1H4. The highest BCUT2D eigenvalue weighted by molar-refractivity contribution is 6.04. The van der Waals surface area contributed by atoms with E-state index in [1.807, 2.05) is 83.1 Å². The monoisotopic (exact) mass is 1530 g/mol. The van der Waals surface area contributed by atoms with Gasteiger partial charge in [0.1, 0.15) is 29.0 Å². The first kappa shape index (κ1) is 104. The molecule has 0 aromatic heterocycles. The Labute approximate surface area is 661 Å². The number of aliphatic hydroxyl groups is 2. The number of hydrogen-bond acceptors (Lipinski definition) is 16. The number of amides is 2. The van der Waals surface area contributed by atoms with Gasteiger partial charge in [-0.25, -0.2) is 4.79 Å². The Morgan fingerprint density at radius 2 is 0.944 bits per heavy atom. The van der Waals surface area contributed by atoms with Gasteiger partial charge in [0.25, 0.3) is 0 Å². The number of fused-ring (bicyclic) bond motifs is 9. The average Bonchev–Trinajstić information content (AvgIpc) is 1.51. The minimum absolute atomic E-state index is 0. The first-order valence-corrected chi connectivity index (χ1v) is 39.4. The van der Waals surface area contributed by atoms with Crippen LogP contribution in [0.25, 0.3) is 0 Å². The minimum atomic E-state index is -0.842. The second-order valence-electron chi connectivity index (χ2n) is 37.5. The largest absolute Gasteiger partial charge is 0.459 e. The second kappa shape index (κ2) is 38.3. The molecule has 2 heterocycles. The van der Waals surface area contributed by atoms with Crippen molar-refractivity contribution < 1.29 is 77.0 Å². The Hall–Kier alpha value is -4.12. The lowest BCUT2D eigenvalue weighted by atomic mass is 9.49. The van der Waals surface area contributed by atoms with Crippen LogP contribution in [0.3, 0.4) is 0 Å². The summed E-state index contributed by atoms with van der Waals surface area (Å²) in [6, 6.07) is 0.269. The normalized spacial score (nSPS) is 35.2. The molecule has 0 radical (unpaired) electrons. The van der Waals surface area contributed by atoms with Crippen LogP contribution in [0.2, 0.25) is 0 Å². The highest BCUT2D eigenvalue weighted by Crippen LogP contribution is 2.67. The van der Waals surface area contributed by atoms with Crippen LogP contribution in [-0.4, -0.2) is 116 Å². The Balaban J connectivity index is 0.00000130. The molecule has 14 saturated carbocycles. The van der Waals surface area contributed by atoms with Gasteiger partial charge >= 0.3 is 35.8 Å². The maximum absolute atomic E-state index is 12.7. The van der Waals surface area contributed by atoms with Gasteiger partial charge in [-0.2, -0.15) is 0 Å². The van der Waals surface area contributed by atoms with E-state index in [2.05, 4.69) is 20.8 Å². The highest BCUT2D eigenvalue weighted by atomic mass is 16.6. The number of ether oxygens (including phenoxy) is 6. The molecule has 14 aliphatic carbocycles. The Bertz CT molecular complexity index is 2930. The SMILES string of the molecule is C.C.C.C.C.C.C.C.C.C.CCC(C)(C)C(=O)N1C(=O)C2C3CC(C4CCCC43)C21.CCC(C)(C)C(=O)OC1(CC)C2CC3CC(C2)CC1C3.CCC(C)(C)C(=O)OC12CC3CC(O)(CC(O)(C3)C1)C2.CCC(C)(C)C(=O)OCC(=O)OC1C2CC3C(=O)OC1C3C2.CCC1(OC(=O)C(C)(C)CC)CCCCC1. The van der Waals surface area contributed by atoms with Gasteiger partial charge in [0.2, 0.25) is 11.8 Å². The number of likely N-dealkylation sites (tertiary alicyclic amines) is 1. The van der Waals surface area contributed by atoms with Crippen molar-refractivity contribution in [3.8, 4) is 0 Å². The van der Waals surface area contributed by atoms with Crippen molar-refractivity contribution in [1.29, 1.82) is 0 Å². The van der Waals surface area contributed by atoms with Crippen LogP contribution >= 0.6 is 0 Å². The van der Waals surface area contributed by atoms with E-state index < -0.39 is 45.0 Å². The lowest BCUT2D eigenvalue weighted by molar-refractivity contribution is -0.264. The van der Waals surface area contributed by atoms with Crippen molar-refractivity contribution in [3.63, 3.8) is 0 Å². The third-order valence-electron chi connectivity index (χ3n) is 29.1. The quantitative estimate of drug-likeness (QED) is 0.0737. The molecule has 2 saturated heterocycles. The predicted molar refractivity (Wildman–Crippen MR) is 438 cm³/mol. The molecule has 2 amide bonds. The summed E-state index contributed by atoms with van der Waals surface area (Å²) in [4.78, 5) is 99.4. The number of carbonyl (C=O) groups is 8. The number of rotatable bonds is 18. The maximum atomic E-state index is 12.7. The van der Waals surface area contributed by atoms with E-state index in [0.29, 0.717) is 49.4 Å². The molecule has 13 unspecified atom stereocenters. The van der Waals surface area contributed by atoms with Gasteiger partial charge in [0, 0.05) is 36.5 Å². The van der Waals surface area contributed by atoms with E-state index in [1.54, 1.807) is 18.7 Å². The number of hydrogen-bond donors (Lipinski definition) is 2. The second-order valence-corrected chi connectivity index (χ2v) is 37.5. The fourth-order valence-electron chi connectivity index (χ4n) is 21.7. The molecule has 16 fully saturated rings. The van der Waals surface area contributed by atoms with Gasteiger partial charge in [-0.1, -0.05) is 149 Å². The summed E-state index contributed by atoms with van der Waals surface area (Å²) in [6.07, 6.45) is 28.1. The van der Waals surface area contributed by atoms with E-state index >= 15 is 0 Å². The topological polar surface area (TPSA) is 236 Å². The molecule has 0 aromatic rings. The first-order valence-electron chi connectivity index (χ1n) is 39.4. The molecule has 16 rings (SSSR count). The number of carbonyl (C=O) groups excluding carboxylic acids is 8. The molecule has 2 aliphatic heterocycles. The van der Waals surface area contributed by atoms with Crippen LogP contribution in [-0.2, 0) is 66.8 Å². The Kier molecular flexibility index (Phi) is 36.9. The predicted octanol–water partition coefficient (Wildman–Crippen LogP) is 21.5. The Morgan fingerprint density at radius 1 is 0.481 bits per heavy atom. The van der Waals surface area contributed by atoms with Gasteiger partial charge < -0.3 is 38.6 Å². The van der Waals surface area contributed by atoms with Crippen molar-refractivity contribution in [2.24, 2.45) is 104 Å². The molecular weight excluding hydrogens is 1360 g/mol. The van der Waals surface area contributed by atoms with Gasteiger partial charge in [-0.05, 0) is 263 Å². The molecule has 634 valence electrons. The van der Waals surface area contributed by atoms with Crippen molar-refractivity contribution in [2.45, 2.75) is 424 Å². The molecule has 0 spiro atoms. The van der Waals surface area contributed by atoms with Crippen LogP contribution in [0.1, 0.15) is 378 Å². The lowest BCUT2D eigenvalue weighted by Crippen LogP contribution is -2.68. The summed E-state index contributed by atoms with van der Waals surface area (Å²) in [7, 11) is 0. The van der Waals surface area contributed by atoms with Gasteiger partial charge in [-0.3, -0.25) is 38.5 Å².